The van der Waals surface area contributed by atoms with E-state index in [1.807, 2.05) is 13.1 Å². The standard InChI is InChI=1S/C21H36N4O/c1-17(2)25-15-18(3)20(16-25)24-21(22-4)23-12-8-13-26-14-11-19-9-6-5-7-10-19/h5-7,9-10,17-18,20H,8,11-16H2,1-4H3,(H2,22,23,24). The number of nitrogens with one attached hydrogen (secondary N) is 2. The number of likely N-dealkylation sites (tertiary alicyclic amines) is 1. The minimum atomic E-state index is 0.464. The number of rotatable bonds is 9. The van der Waals surface area contributed by atoms with E-state index in [1.165, 1.54) is 5.56 Å². The smallest absolute Gasteiger partial charge is 0.191 e. The quantitative estimate of drug-likeness (QED) is 0.404. The van der Waals surface area contributed by atoms with Gasteiger partial charge in [-0.05, 0) is 38.2 Å². The topological polar surface area (TPSA) is 48.9 Å². The highest BCUT2D eigenvalue weighted by atomic mass is 16.5. The molecule has 0 aliphatic carbocycles. The maximum Gasteiger partial charge on any atom is 0.191 e. The minimum Gasteiger partial charge on any atom is -0.381 e. The summed E-state index contributed by atoms with van der Waals surface area (Å²) in [6.45, 7) is 11.5. The molecule has 1 aliphatic heterocycles. The lowest BCUT2D eigenvalue weighted by atomic mass is 10.1. The predicted molar refractivity (Wildman–Crippen MR) is 110 cm³/mol. The molecule has 0 saturated carbocycles. The first-order chi connectivity index (χ1) is 12.6. The number of aliphatic imine (C=N–C) groups is 1. The van der Waals surface area contributed by atoms with Crippen LogP contribution in [0.2, 0.25) is 0 Å². The summed E-state index contributed by atoms with van der Waals surface area (Å²) in [6.07, 6.45) is 1.96. The van der Waals surface area contributed by atoms with Gasteiger partial charge in [-0.3, -0.25) is 9.89 Å². The second-order valence-corrected chi connectivity index (χ2v) is 7.48. The maximum atomic E-state index is 5.74. The molecule has 1 aliphatic rings. The van der Waals surface area contributed by atoms with Gasteiger partial charge in [0.05, 0.1) is 6.61 Å². The zero-order valence-corrected chi connectivity index (χ0v) is 16.9. The van der Waals surface area contributed by atoms with Crippen LogP contribution in [0.5, 0.6) is 0 Å². The Morgan fingerprint density at radius 2 is 2.00 bits per heavy atom. The Morgan fingerprint density at radius 1 is 1.23 bits per heavy atom. The first-order valence-electron chi connectivity index (χ1n) is 9.93. The van der Waals surface area contributed by atoms with E-state index in [2.05, 4.69) is 65.6 Å². The molecule has 26 heavy (non-hydrogen) atoms. The number of benzene rings is 1. The van der Waals surface area contributed by atoms with Crippen LogP contribution in [-0.4, -0.2) is 62.8 Å². The normalized spacial score (nSPS) is 21.3. The summed E-state index contributed by atoms with van der Waals surface area (Å²) in [5.41, 5.74) is 1.33. The molecule has 0 spiro atoms. The van der Waals surface area contributed by atoms with Crippen molar-refractivity contribution in [1.29, 1.82) is 0 Å². The predicted octanol–water partition coefficient (Wildman–Crippen LogP) is 2.53. The van der Waals surface area contributed by atoms with E-state index >= 15 is 0 Å². The van der Waals surface area contributed by atoms with Crippen molar-refractivity contribution in [3.05, 3.63) is 35.9 Å². The Kier molecular flexibility index (Phi) is 8.92. The molecule has 1 saturated heterocycles. The SMILES string of the molecule is CN=C(NCCCOCCc1ccccc1)NC1CN(C(C)C)CC1C. The Morgan fingerprint density at radius 3 is 2.65 bits per heavy atom. The molecular formula is C21H36N4O. The number of nitrogens with zero attached hydrogens (tertiary/aromatic N) is 2. The molecule has 5 heteroatoms. The first-order valence-corrected chi connectivity index (χ1v) is 9.93. The third-order valence-corrected chi connectivity index (χ3v) is 5.05. The zero-order valence-electron chi connectivity index (χ0n) is 16.9. The van der Waals surface area contributed by atoms with Crippen LogP contribution in [0.1, 0.15) is 32.8 Å². The summed E-state index contributed by atoms with van der Waals surface area (Å²) >= 11 is 0. The van der Waals surface area contributed by atoms with Crippen molar-refractivity contribution in [2.75, 3.05) is 39.9 Å². The Bertz CT molecular complexity index is 532. The fourth-order valence-electron chi connectivity index (χ4n) is 3.30. The minimum absolute atomic E-state index is 0.464. The number of guanidine groups is 1. The second-order valence-electron chi connectivity index (χ2n) is 7.48. The first kappa shape index (κ1) is 20.7. The lowest BCUT2D eigenvalue weighted by Crippen LogP contribution is -2.47. The molecule has 2 rings (SSSR count). The molecule has 1 fully saturated rings. The number of hydrogen-bond donors (Lipinski definition) is 2. The van der Waals surface area contributed by atoms with E-state index in [-0.39, 0.29) is 0 Å². The zero-order chi connectivity index (χ0) is 18.8. The Hall–Kier alpha value is -1.59. The summed E-state index contributed by atoms with van der Waals surface area (Å²) in [5.74, 6) is 1.54. The van der Waals surface area contributed by atoms with Crippen LogP contribution in [0.15, 0.2) is 35.3 Å². The van der Waals surface area contributed by atoms with Gasteiger partial charge in [0.25, 0.3) is 0 Å². The second kappa shape index (κ2) is 11.2. The van der Waals surface area contributed by atoms with Gasteiger partial charge in [-0.15, -0.1) is 0 Å². The highest BCUT2D eigenvalue weighted by molar-refractivity contribution is 5.80. The van der Waals surface area contributed by atoms with Crippen LogP contribution in [-0.2, 0) is 11.2 Å². The average molecular weight is 361 g/mol. The Balaban J connectivity index is 1.56. The van der Waals surface area contributed by atoms with E-state index in [4.69, 9.17) is 4.74 Å². The fourth-order valence-corrected chi connectivity index (χ4v) is 3.30. The summed E-state index contributed by atoms with van der Waals surface area (Å²) < 4.78 is 5.74. The average Bonchev–Trinajstić information content (AvgIpc) is 3.01. The van der Waals surface area contributed by atoms with Crippen molar-refractivity contribution in [3.8, 4) is 0 Å². The molecule has 146 valence electrons. The van der Waals surface area contributed by atoms with Gasteiger partial charge in [0.15, 0.2) is 5.96 Å². The van der Waals surface area contributed by atoms with Crippen molar-refractivity contribution >= 4 is 5.96 Å². The molecule has 0 amide bonds. The maximum absolute atomic E-state index is 5.74. The van der Waals surface area contributed by atoms with E-state index in [1.54, 1.807) is 0 Å². The summed E-state index contributed by atoms with van der Waals surface area (Å²) in [6, 6.07) is 11.5. The van der Waals surface area contributed by atoms with E-state index in [0.717, 1.165) is 51.6 Å². The van der Waals surface area contributed by atoms with Crippen LogP contribution >= 0.6 is 0 Å². The largest absolute Gasteiger partial charge is 0.381 e. The molecule has 2 N–H and O–H groups in total. The van der Waals surface area contributed by atoms with Crippen molar-refractivity contribution in [1.82, 2.24) is 15.5 Å². The third kappa shape index (κ3) is 6.96. The van der Waals surface area contributed by atoms with Crippen LogP contribution in [0, 0.1) is 5.92 Å². The lowest BCUT2D eigenvalue weighted by Gasteiger charge is -2.22. The summed E-state index contributed by atoms with van der Waals surface area (Å²) in [5, 5.41) is 6.99. The van der Waals surface area contributed by atoms with Gasteiger partial charge in [0, 0.05) is 45.4 Å². The van der Waals surface area contributed by atoms with Crippen LogP contribution in [0.25, 0.3) is 0 Å². The van der Waals surface area contributed by atoms with Gasteiger partial charge in [0.1, 0.15) is 0 Å². The lowest BCUT2D eigenvalue weighted by molar-refractivity contribution is 0.135. The van der Waals surface area contributed by atoms with Crippen LogP contribution < -0.4 is 10.6 Å². The molecule has 1 aromatic carbocycles. The molecule has 1 aromatic rings. The van der Waals surface area contributed by atoms with E-state index < -0.39 is 0 Å². The van der Waals surface area contributed by atoms with E-state index in [0.29, 0.717) is 18.0 Å². The van der Waals surface area contributed by atoms with Crippen molar-refractivity contribution in [3.63, 3.8) is 0 Å². The van der Waals surface area contributed by atoms with Gasteiger partial charge in [0.2, 0.25) is 0 Å². The molecule has 2 unspecified atom stereocenters. The monoisotopic (exact) mass is 360 g/mol. The van der Waals surface area contributed by atoms with Gasteiger partial charge in [-0.1, -0.05) is 37.3 Å². The van der Waals surface area contributed by atoms with E-state index in [9.17, 15) is 0 Å². The van der Waals surface area contributed by atoms with Crippen molar-refractivity contribution in [2.24, 2.45) is 10.9 Å². The van der Waals surface area contributed by atoms with Gasteiger partial charge >= 0.3 is 0 Å². The highest BCUT2D eigenvalue weighted by Gasteiger charge is 2.31. The number of hydrogen-bond acceptors (Lipinski definition) is 3. The molecule has 5 nitrogen and oxygen atoms in total. The molecule has 0 bridgehead atoms. The van der Waals surface area contributed by atoms with Crippen molar-refractivity contribution < 1.29 is 4.74 Å². The summed E-state index contributed by atoms with van der Waals surface area (Å²) in [7, 11) is 1.84. The highest BCUT2D eigenvalue weighted by Crippen LogP contribution is 2.18. The van der Waals surface area contributed by atoms with Gasteiger partial charge in [-0.25, -0.2) is 0 Å². The molecular weight excluding hydrogens is 324 g/mol. The summed E-state index contributed by atoms with van der Waals surface area (Å²) in [4.78, 5) is 6.89. The third-order valence-electron chi connectivity index (χ3n) is 5.05. The fraction of sp³-hybridized carbons (Fsp3) is 0.667. The Labute approximate surface area is 159 Å². The van der Waals surface area contributed by atoms with Crippen molar-refractivity contribution in [2.45, 2.75) is 45.7 Å². The van der Waals surface area contributed by atoms with Crippen LogP contribution in [0.3, 0.4) is 0 Å². The van der Waals surface area contributed by atoms with Gasteiger partial charge < -0.3 is 15.4 Å². The molecule has 0 radical (unpaired) electrons. The molecule has 2 atom stereocenters. The van der Waals surface area contributed by atoms with Gasteiger partial charge in [-0.2, -0.15) is 0 Å². The number of ether oxygens (including phenoxy) is 1. The molecule has 0 aromatic heterocycles. The van der Waals surface area contributed by atoms with Crippen LogP contribution in [0.4, 0.5) is 0 Å². The molecule has 1 heterocycles.